The van der Waals surface area contributed by atoms with Gasteiger partial charge in [0.05, 0.1) is 10.8 Å². The summed E-state index contributed by atoms with van der Waals surface area (Å²) >= 11 is 0. The van der Waals surface area contributed by atoms with Gasteiger partial charge in [-0.3, -0.25) is 0 Å². The highest BCUT2D eigenvalue weighted by atomic mass is 14.6. The maximum absolute atomic E-state index is 2.51. The van der Waals surface area contributed by atoms with Gasteiger partial charge in [0, 0.05) is 0 Å². The monoisotopic (exact) mass is 656 g/mol. The van der Waals surface area contributed by atoms with Crippen molar-refractivity contribution in [1.82, 2.24) is 0 Å². The highest BCUT2D eigenvalue weighted by Gasteiger charge is 2.63. The van der Waals surface area contributed by atoms with E-state index in [9.17, 15) is 0 Å². The Balaban J connectivity index is 1.26. The maximum Gasteiger partial charge on any atom is 0.0728 e. The molecule has 2 spiro atoms. The largest absolute Gasteiger partial charge is 0.0728 e. The Labute approximate surface area is 304 Å². The van der Waals surface area contributed by atoms with Crippen LogP contribution in [-0.4, -0.2) is 0 Å². The molecular weight excluding hydrogens is 625 g/mol. The van der Waals surface area contributed by atoms with Crippen molar-refractivity contribution in [2.45, 2.75) is 10.8 Å². The normalized spacial score (nSPS) is 19.2. The van der Waals surface area contributed by atoms with Gasteiger partial charge in [-0.15, -0.1) is 0 Å². The average Bonchev–Trinajstić information content (AvgIpc) is 3.90. The van der Waals surface area contributed by atoms with Crippen LogP contribution in [-0.2, 0) is 10.8 Å². The third-order valence-corrected chi connectivity index (χ3v) is 12.5. The standard InChI is InChI=1S/C52H32/c1-3-15-33(16-4-1)35-27-29-39-37-19-7-11-23-43(37)51(47(39)31-35)45-25-13-9-21-41(45)50-49(51)42-22-10-14-26-46(42)52(50)44-24-12-8-20-38(44)40-30-28-36(32-48(40)52)34-17-5-2-6-18-34/h1-32H. The summed E-state index contributed by atoms with van der Waals surface area (Å²) in [6.45, 7) is 0. The molecule has 0 heteroatoms. The first kappa shape index (κ1) is 28.2. The molecule has 2 atom stereocenters. The Morgan fingerprint density at radius 1 is 0.212 bits per heavy atom. The van der Waals surface area contributed by atoms with Gasteiger partial charge in [-0.25, -0.2) is 0 Å². The lowest BCUT2D eigenvalue weighted by Crippen LogP contribution is -2.28. The summed E-state index contributed by atoms with van der Waals surface area (Å²) in [5.41, 5.74) is 23.2. The molecule has 4 aliphatic carbocycles. The van der Waals surface area contributed by atoms with Gasteiger partial charge < -0.3 is 0 Å². The SMILES string of the molecule is c1ccc(-c2ccc3c(c2)C2(C4=C(c5ccccc52)C2(c5ccccc54)c4ccccc4-c4ccc(-c5ccccc5)cc42)c2ccccc2-3)cc1. The molecule has 0 saturated heterocycles. The van der Waals surface area contributed by atoms with Crippen LogP contribution in [0.3, 0.4) is 0 Å². The van der Waals surface area contributed by atoms with Crippen molar-refractivity contribution in [2.24, 2.45) is 0 Å². The summed E-state index contributed by atoms with van der Waals surface area (Å²) in [6.07, 6.45) is 0. The second-order valence-corrected chi connectivity index (χ2v) is 14.7. The number of hydrogen-bond acceptors (Lipinski definition) is 0. The fourth-order valence-electron chi connectivity index (χ4n) is 10.7. The van der Waals surface area contributed by atoms with Crippen LogP contribution in [0.15, 0.2) is 194 Å². The van der Waals surface area contributed by atoms with Gasteiger partial charge in [0.15, 0.2) is 0 Å². The minimum Gasteiger partial charge on any atom is -0.0622 e. The van der Waals surface area contributed by atoms with Crippen LogP contribution >= 0.6 is 0 Å². The summed E-state index contributed by atoms with van der Waals surface area (Å²) in [4.78, 5) is 0. The molecule has 8 aromatic rings. The van der Waals surface area contributed by atoms with Crippen molar-refractivity contribution < 1.29 is 0 Å². The van der Waals surface area contributed by atoms with Crippen LogP contribution in [0, 0.1) is 0 Å². The molecule has 0 bridgehead atoms. The Bertz CT molecular complexity index is 2640. The second kappa shape index (κ2) is 10.1. The first-order chi connectivity index (χ1) is 25.8. The zero-order valence-corrected chi connectivity index (χ0v) is 28.5. The Morgan fingerprint density at radius 2 is 0.519 bits per heavy atom. The van der Waals surface area contributed by atoms with Crippen LogP contribution in [0.2, 0.25) is 0 Å². The Kier molecular flexibility index (Phi) is 5.46. The van der Waals surface area contributed by atoms with Gasteiger partial charge in [0.2, 0.25) is 0 Å². The molecule has 0 aromatic heterocycles. The van der Waals surface area contributed by atoms with Gasteiger partial charge in [-0.05, 0) is 112 Å². The molecule has 240 valence electrons. The minimum absolute atomic E-state index is 0.475. The van der Waals surface area contributed by atoms with Crippen molar-refractivity contribution in [3.8, 4) is 44.5 Å². The summed E-state index contributed by atoms with van der Waals surface area (Å²) in [5.74, 6) is 0. The molecular formula is C52H32. The highest BCUT2D eigenvalue weighted by molar-refractivity contribution is 6.19. The van der Waals surface area contributed by atoms with E-state index in [4.69, 9.17) is 0 Å². The molecule has 8 aromatic carbocycles. The number of rotatable bonds is 2. The molecule has 0 amide bonds. The summed E-state index contributed by atoms with van der Waals surface area (Å²) in [5, 5.41) is 0. The predicted octanol–water partition coefficient (Wildman–Crippen LogP) is 12.6. The second-order valence-electron chi connectivity index (χ2n) is 14.7. The van der Waals surface area contributed by atoms with Crippen molar-refractivity contribution in [2.75, 3.05) is 0 Å². The van der Waals surface area contributed by atoms with Crippen molar-refractivity contribution in [3.05, 3.63) is 239 Å². The number of hydrogen-bond donors (Lipinski definition) is 0. The van der Waals surface area contributed by atoms with Crippen LogP contribution < -0.4 is 0 Å². The summed E-state index contributed by atoms with van der Waals surface area (Å²) in [7, 11) is 0. The van der Waals surface area contributed by atoms with Gasteiger partial charge in [0.25, 0.3) is 0 Å². The average molecular weight is 657 g/mol. The zero-order valence-electron chi connectivity index (χ0n) is 28.5. The predicted molar refractivity (Wildman–Crippen MR) is 214 cm³/mol. The summed E-state index contributed by atoms with van der Waals surface area (Å²) in [6, 6.07) is 73.3. The maximum atomic E-state index is 2.51. The third kappa shape index (κ3) is 3.25. The minimum atomic E-state index is -0.475. The van der Waals surface area contributed by atoms with Gasteiger partial charge in [-0.2, -0.15) is 0 Å². The lowest BCUT2D eigenvalue weighted by Gasteiger charge is -2.34. The van der Waals surface area contributed by atoms with E-state index in [2.05, 4.69) is 194 Å². The van der Waals surface area contributed by atoms with E-state index in [-0.39, 0.29) is 0 Å². The highest BCUT2D eigenvalue weighted by Crippen LogP contribution is 2.74. The molecule has 0 fully saturated rings. The molecule has 52 heavy (non-hydrogen) atoms. The van der Waals surface area contributed by atoms with Gasteiger partial charge >= 0.3 is 0 Å². The van der Waals surface area contributed by atoms with E-state index in [0.717, 1.165) is 0 Å². The molecule has 0 saturated carbocycles. The lowest BCUT2D eigenvalue weighted by molar-refractivity contribution is 0.826. The topological polar surface area (TPSA) is 0 Å². The van der Waals surface area contributed by atoms with Crippen LogP contribution in [0.4, 0.5) is 0 Å². The molecule has 0 nitrogen and oxygen atoms in total. The number of benzene rings is 8. The lowest BCUT2D eigenvalue weighted by atomic mass is 9.66. The fraction of sp³-hybridized carbons (Fsp3) is 0.0385. The number of fused-ring (bicyclic) bond motifs is 18. The van der Waals surface area contributed by atoms with Gasteiger partial charge in [0.1, 0.15) is 0 Å². The molecule has 0 heterocycles. The molecule has 4 aliphatic rings. The van der Waals surface area contributed by atoms with Crippen molar-refractivity contribution in [3.63, 3.8) is 0 Å². The van der Waals surface area contributed by atoms with E-state index in [0.29, 0.717) is 0 Å². The number of allylic oxidation sites excluding steroid dienone is 2. The summed E-state index contributed by atoms with van der Waals surface area (Å²) < 4.78 is 0. The van der Waals surface area contributed by atoms with E-state index in [1.54, 1.807) is 0 Å². The Morgan fingerprint density at radius 3 is 0.923 bits per heavy atom. The molecule has 0 N–H and O–H groups in total. The van der Waals surface area contributed by atoms with E-state index in [1.165, 1.54) is 100 Å². The van der Waals surface area contributed by atoms with Crippen LogP contribution in [0.1, 0.15) is 44.5 Å². The Hall–Kier alpha value is -6.50. The van der Waals surface area contributed by atoms with Crippen molar-refractivity contribution >= 4 is 11.1 Å². The fourth-order valence-corrected chi connectivity index (χ4v) is 10.7. The molecule has 0 radical (unpaired) electrons. The van der Waals surface area contributed by atoms with Crippen LogP contribution in [0.5, 0.6) is 0 Å². The van der Waals surface area contributed by atoms with E-state index < -0.39 is 10.8 Å². The first-order valence-electron chi connectivity index (χ1n) is 18.4. The van der Waals surface area contributed by atoms with Gasteiger partial charge in [-0.1, -0.05) is 182 Å². The van der Waals surface area contributed by atoms with E-state index >= 15 is 0 Å². The first-order valence-corrected chi connectivity index (χ1v) is 18.4. The quantitative estimate of drug-likeness (QED) is 0.174. The van der Waals surface area contributed by atoms with E-state index in [1.807, 2.05) is 0 Å². The zero-order chi connectivity index (χ0) is 34.0. The smallest absolute Gasteiger partial charge is 0.0622 e. The molecule has 2 unspecified atom stereocenters. The third-order valence-electron chi connectivity index (χ3n) is 12.5. The molecule has 0 aliphatic heterocycles. The van der Waals surface area contributed by atoms with Crippen molar-refractivity contribution in [1.29, 1.82) is 0 Å². The van der Waals surface area contributed by atoms with Crippen LogP contribution in [0.25, 0.3) is 55.7 Å². The molecule has 12 rings (SSSR count).